The average molecular weight is 210 g/mol. The van der Waals surface area contributed by atoms with Gasteiger partial charge in [0.25, 0.3) is 0 Å². The number of hydrogen-bond acceptors (Lipinski definition) is 3. The average Bonchev–Trinajstić information content (AvgIpc) is 2.30. The highest BCUT2D eigenvalue weighted by Gasteiger charge is 2.22. The Bertz CT molecular complexity index is 288. The zero-order valence-electron chi connectivity index (χ0n) is 9.49. The molecule has 0 radical (unpaired) electrons. The molecule has 84 valence electrons. The minimum absolute atomic E-state index is 0.00945. The van der Waals surface area contributed by atoms with Crippen LogP contribution in [0.25, 0.3) is 0 Å². The van der Waals surface area contributed by atoms with Gasteiger partial charge in [0.15, 0.2) is 0 Å². The van der Waals surface area contributed by atoms with E-state index in [-0.39, 0.29) is 6.61 Å². The van der Waals surface area contributed by atoms with Gasteiger partial charge in [-0.15, -0.1) is 0 Å². The first-order valence-electron chi connectivity index (χ1n) is 4.92. The van der Waals surface area contributed by atoms with Gasteiger partial charge < -0.3 is 14.6 Å². The smallest absolute Gasteiger partial charge is 0.118 e. The lowest BCUT2D eigenvalue weighted by molar-refractivity contribution is -0.0368. The van der Waals surface area contributed by atoms with Crippen LogP contribution in [0.15, 0.2) is 24.3 Å². The first-order chi connectivity index (χ1) is 7.13. The topological polar surface area (TPSA) is 38.7 Å². The lowest BCUT2D eigenvalue weighted by Crippen LogP contribution is -2.34. The van der Waals surface area contributed by atoms with Gasteiger partial charge in [-0.25, -0.2) is 0 Å². The van der Waals surface area contributed by atoms with E-state index < -0.39 is 5.60 Å². The zero-order valence-corrected chi connectivity index (χ0v) is 9.49. The van der Waals surface area contributed by atoms with E-state index in [4.69, 9.17) is 9.47 Å². The standard InChI is InChI=1S/C12H18O3/c1-12(9-13,15-3)8-10-4-6-11(14-2)7-5-10/h4-7,13H,8-9H2,1-3H3. The third kappa shape index (κ3) is 3.22. The number of ether oxygens (including phenoxy) is 2. The second-order valence-corrected chi connectivity index (χ2v) is 3.84. The highest BCUT2D eigenvalue weighted by molar-refractivity contribution is 5.28. The first-order valence-corrected chi connectivity index (χ1v) is 4.92. The van der Waals surface area contributed by atoms with Crippen molar-refractivity contribution < 1.29 is 14.6 Å². The van der Waals surface area contributed by atoms with E-state index in [9.17, 15) is 5.11 Å². The van der Waals surface area contributed by atoms with Gasteiger partial charge in [-0.2, -0.15) is 0 Å². The van der Waals surface area contributed by atoms with Crippen molar-refractivity contribution in [2.24, 2.45) is 0 Å². The van der Waals surface area contributed by atoms with Crippen LogP contribution in [0.2, 0.25) is 0 Å². The second-order valence-electron chi connectivity index (χ2n) is 3.84. The molecule has 0 spiro atoms. The summed E-state index contributed by atoms with van der Waals surface area (Å²) < 4.78 is 10.3. The van der Waals surface area contributed by atoms with Crippen LogP contribution in [0, 0.1) is 0 Å². The fraction of sp³-hybridized carbons (Fsp3) is 0.500. The van der Waals surface area contributed by atoms with Crippen LogP contribution >= 0.6 is 0 Å². The van der Waals surface area contributed by atoms with E-state index in [1.54, 1.807) is 14.2 Å². The predicted molar refractivity (Wildman–Crippen MR) is 59.2 cm³/mol. The molecule has 1 aromatic rings. The Morgan fingerprint density at radius 3 is 2.20 bits per heavy atom. The minimum Gasteiger partial charge on any atom is -0.497 e. The molecule has 0 saturated carbocycles. The lowest BCUT2D eigenvalue weighted by atomic mass is 9.97. The van der Waals surface area contributed by atoms with Crippen LogP contribution in [0.3, 0.4) is 0 Å². The maximum atomic E-state index is 9.20. The number of rotatable bonds is 5. The molecule has 1 aromatic carbocycles. The van der Waals surface area contributed by atoms with Gasteiger partial charge in [0, 0.05) is 13.5 Å². The van der Waals surface area contributed by atoms with Gasteiger partial charge in [-0.3, -0.25) is 0 Å². The maximum absolute atomic E-state index is 9.20. The Hall–Kier alpha value is -1.06. The van der Waals surface area contributed by atoms with E-state index in [1.165, 1.54) is 0 Å². The summed E-state index contributed by atoms with van der Waals surface area (Å²) in [6.45, 7) is 1.90. The van der Waals surface area contributed by atoms with Crippen molar-refractivity contribution in [3.05, 3.63) is 29.8 Å². The highest BCUT2D eigenvalue weighted by Crippen LogP contribution is 2.18. The second kappa shape index (κ2) is 5.14. The van der Waals surface area contributed by atoms with Crippen LogP contribution in [0.5, 0.6) is 5.75 Å². The number of methoxy groups -OCH3 is 2. The molecule has 1 unspecified atom stereocenters. The molecular formula is C12H18O3. The van der Waals surface area contributed by atoms with Crippen molar-refractivity contribution in [1.82, 2.24) is 0 Å². The molecule has 0 fully saturated rings. The van der Waals surface area contributed by atoms with Crippen LogP contribution in [0.1, 0.15) is 12.5 Å². The Balaban J connectivity index is 2.71. The largest absolute Gasteiger partial charge is 0.497 e. The summed E-state index contributed by atoms with van der Waals surface area (Å²) in [7, 11) is 3.25. The molecule has 0 bridgehead atoms. The van der Waals surface area contributed by atoms with Gasteiger partial charge in [-0.1, -0.05) is 12.1 Å². The summed E-state index contributed by atoms with van der Waals surface area (Å²) in [5.74, 6) is 0.835. The molecule has 0 aliphatic heterocycles. The van der Waals surface area contributed by atoms with Crippen molar-refractivity contribution >= 4 is 0 Å². The number of hydrogen-bond donors (Lipinski definition) is 1. The number of benzene rings is 1. The van der Waals surface area contributed by atoms with E-state index in [1.807, 2.05) is 31.2 Å². The van der Waals surface area contributed by atoms with E-state index in [2.05, 4.69) is 0 Å². The molecule has 0 aliphatic rings. The molecule has 0 aliphatic carbocycles. The third-order valence-corrected chi connectivity index (χ3v) is 2.56. The SMILES string of the molecule is COc1ccc(CC(C)(CO)OC)cc1. The van der Waals surface area contributed by atoms with Crippen LogP contribution in [0.4, 0.5) is 0 Å². The van der Waals surface area contributed by atoms with Crippen molar-refractivity contribution in [3.63, 3.8) is 0 Å². The molecule has 0 saturated heterocycles. The summed E-state index contributed by atoms with van der Waals surface area (Å²) in [4.78, 5) is 0. The zero-order chi connectivity index (χ0) is 11.3. The fourth-order valence-corrected chi connectivity index (χ4v) is 1.37. The van der Waals surface area contributed by atoms with Gasteiger partial charge in [0.05, 0.1) is 19.3 Å². The quantitative estimate of drug-likeness (QED) is 0.803. The molecule has 0 amide bonds. The third-order valence-electron chi connectivity index (χ3n) is 2.56. The van der Waals surface area contributed by atoms with Crippen molar-refractivity contribution in [3.8, 4) is 5.75 Å². The monoisotopic (exact) mass is 210 g/mol. The molecule has 0 heterocycles. The summed E-state index contributed by atoms with van der Waals surface area (Å²) in [6, 6.07) is 7.77. The van der Waals surface area contributed by atoms with Crippen LogP contribution in [-0.2, 0) is 11.2 Å². The summed E-state index contributed by atoms with van der Waals surface area (Å²) in [5, 5.41) is 9.20. The Labute approximate surface area is 90.6 Å². The number of aliphatic hydroxyl groups excluding tert-OH is 1. The minimum atomic E-state index is -0.505. The summed E-state index contributed by atoms with van der Waals surface area (Å²) in [6.07, 6.45) is 0.685. The normalized spacial score (nSPS) is 14.7. The molecular weight excluding hydrogens is 192 g/mol. The van der Waals surface area contributed by atoms with Gasteiger partial charge in [-0.05, 0) is 24.6 Å². The van der Waals surface area contributed by atoms with Crippen LogP contribution < -0.4 is 4.74 Å². The summed E-state index contributed by atoms with van der Waals surface area (Å²) in [5.41, 5.74) is 0.614. The Morgan fingerprint density at radius 1 is 1.20 bits per heavy atom. The van der Waals surface area contributed by atoms with Gasteiger partial charge in [0.1, 0.15) is 5.75 Å². The molecule has 15 heavy (non-hydrogen) atoms. The van der Waals surface area contributed by atoms with Gasteiger partial charge in [0.2, 0.25) is 0 Å². The molecule has 1 atom stereocenters. The first kappa shape index (κ1) is 12.0. The molecule has 1 N–H and O–H groups in total. The fourth-order valence-electron chi connectivity index (χ4n) is 1.37. The van der Waals surface area contributed by atoms with E-state index in [0.717, 1.165) is 11.3 Å². The van der Waals surface area contributed by atoms with Crippen molar-refractivity contribution in [1.29, 1.82) is 0 Å². The Kier molecular flexibility index (Phi) is 4.12. The highest BCUT2D eigenvalue weighted by atomic mass is 16.5. The molecule has 0 aromatic heterocycles. The number of aliphatic hydroxyl groups is 1. The van der Waals surface area contributed by atoms with Gasteiger partial charge >= 0.3 is 0 Å². The Morgan fingerprint density at radius 2 is 1.80 bits per heavy atom. The van der Waals surface area contributed by atoms with Crippen molar-refractivity contribution in [2.45, 2.75) is 18.9 Å². The molecule has 3 heteroatoms. The lowest BCUT2D eigenvalue weighted by Gasteiger charge is -2.25. The molecule has 1 rings (SSSR count). The predicted octanol–water partition coefficient (Wildman–Crippen LogP) is 1.64. The maximum Gasteiger partial charge on any atom is 0.118 e. The molecule has 3 nitrogen and oxygen atoms in total. The van der Waals surface area contributed by atoms with E-state index in [0.29, 0.717) is 6.42 Å². The van der Waals surface area contributed by atoms with Crippen LogP contribution in [-0.4, -0.2) is 31.5 Å². The summed E-state index contributed by atoms with van der Waals surface area (Å²) >= 11 is 0. The van der Waals surface area contributed by atoms with Crippen molar-refractivity contribution in [2.75, 3.05) is 20.8 Å². The van der Waals surface area contributed by atoms with E-state index >= 15 is 0 Å².